The predicted octanol–water partition coefficient (Wildman–Crippen LogP) is 2.18. The number of sulfonamides is 1. The molecule has 0 atom stereocenters. The SMILES string of the molecule is NCCCNS(=O)(=O)c1csc2ccc(Cl)cc12. The van der Waals surface area contributed by atoms with Crippen molar-refractivity contribution in [2.45, 2.75) is 11.3 Å². The molecule has 0 saturated carbocycles. The van der Waals surface area contributed by atoms with Gasteiger partial charge in [-0.1, -0.05) is 11.6 Å². The van der Waals surface area contributed by atoms with Gasteiger partial charge in [-0.25, -0.2) is 13.1 Å². The van der Waals surface area contributed by atoms with Crippen LogP contribution in [-0.2, 0) is 10.0 Å². The lowest BCUT2D eigenvalue weighted by molar-refractivity contribution is 0.581. The Labute approximate surface area is 115 Å². The van der Waals surface area contributed by atoms with Crippen molar-refractivity contribution in [1.82, 2.24) is 4.72 Å². The Hall–Kier alpha value is -0.660. The maximum Gasteiger partial charge on any atom is 0.242 e. The van der Waals surface area contributed by atoms with Crippen molar-refractivity contribution < 1.29 is 8.42 Å². The summed E-state index contributed by atoms with van der Waals surface area (Å²) in [6.07, 6.45) is 0.613. The number of nitrogens with one attached hydrogen (secondary N) is 1. The highest BCUT2D eigenvalue weighted by Gasteiger charge is 2.18. The van der Waals surface area contributed by atoms with Crippen LogP contribution >= 0.6 is 22.9 Å². The Bertz CT molecular complexity index is 652. The lowest BCUT2D eigenvalue weighted by Crippen LogP contribution is -2.26. The fourth-order valence-electron chi connectivity index (χ4n) is 1.57. The van der Waals surface area contributed by atoms with Crippen molar-refractivity contribution >= 4 is 43.0 Å². The Balaban J connectivity index is 2.38. The zero-order valence-corrected chi connectivity index (χ0v) is 11.9. The van der Waals surface area contributed by atoms with Gasteiger partial charge < -0.3 is 5.73 Å². The fourth-order valence-corrected chi connectivity index (χ4v) is 4.29. The van der Waals surface area contributed by atoms with Crippen LogP contribution in [0.15, 0.2) is 28.5 Å². The molecule has 3 N–H and O–H groups in total. The summed E-state index contributed by atoms with van der Waals surface area (Å²) in [4.78, 5) is 0.280. The average molecular weight is 305 g/mol. The largest absolute Gasteiger partial charge is 0.330 e. The number of halogens is 1. The first-order valence-electron chi connectivity index (χ1n) is 5.41. The van der Waals surface area contributed by atoms with Gasteiger partial charge in [-0.2, -0.15) is 0 Å². The molecular formula is C11H13ClN2O2S2. The lowest BCUT2D eigenvalue weighted by atomic mass is 10.3. The summed E-state index contributed by atoms with van der Waals surface area (Å²) in [7, 11) is -3.49. The van der Waals surface area contributed by atoms with Crippen LogP contribution in [0.1, 0.15) is 6.42 Å². The van der Waals surface area contributed by atoms with Crippen LogP contribution in [0.25, 0.3) is 10.1 Å². The van der Waals surface area contributed by atoms with Crippen LogP contribution in [0.5, 0.6) is 0 Å². The molecule has 0 radical (unpaired) electrons. The first kappa shape index (κ1) is 13.8. The Morgan fingerprint density at radius 3 is 2.89 bits per heavy atom. The summed E-state index contributed by atoms with van der Waals surface area (Å²) in [6, 6.07) is 5.24. The molecule has 4 nitrogen and oxygen atoms in total. The van der Waals surface area contributed by atoms with E-state index in [0.717, 1.165) is 4.70 Å². The van der Waals surface area contributed by atoms with Gasteiger partial charge in [-0.15, -0.1) is 11.3 Å². The number of thiophene rings is 1. The van der Waals surface area contributed by atoms with Gasteiger partial charge in [-0.05, 0) is 31.2 Å². The summed E-state index contributed by atoms with van der Waals surface area (Å²) in [5, 5.41) is 2.82. The van der Waals surface area contributed by atoms with Crippen LogP contribution in [0.4, 0.5) is 0 Å². The maximum absolute atomic E-state index is 12.1. The molecule has 7 heteroatoms. The van der Waals surface area contributed by atoms with Gasteiger partial charge in [-0.3, -0.25) is 0 Å². The second kappa shape index (κ2) is 5.54. The predicted molar refractivity (Wildman–Crippen MR) is 75.7 cm³/mol. The smallest absolute Gasteiger partial charge is 0.242 e. The summed E-state index contributed by atoms with van der Waals surface area (Å²) < 4.78 is 27.6. The minimum absolute atomic E-state index is 0.280. The molecule has 0 aliphatic rings. The molecule has 2 rings (SSSR count). The van der Waals surface area contributed by atoms with E-state index < -0.39 is 10.0 Å². The van der Waals surface area contributed by atoms with Gasteiger partial charge in [0.15, 0.2) is 0 Å². The summed E-state index contributed by atoms with van der Waals surface area (Å²) in [6.45, 7) is 0.801. The Morgan fingerprint density at radius 2 is 2.17 bits per heavy atom. The molecule has 0 saturated heterocycles. The molecule has 0 spiro atoms. The maximum atomic E-state index is 12.1. The molecule has 98 valence electrons. The average Bonchev–Trinajstić information content (AvgIpc) is 2.72. The van der Waals surface area contributed by atoms with Gasteiger partial charge in [0.2, 0.25) is 10.0 Å². The van der Waals surface area contributed by atoms with E-state index >= 15 is 0 Å². The van der Waals surface area contributed by atoms with Gasteiger partial charge in [0, 0.05) is 27.0 Å². The number of hydrogen-bond acceptors (Lipinski definition) is 4. The molecule has 0 unspecified atom stereocenters. The Morgan fingerprint density at radius 1 is 1.39 bits per heavy atom. The first-order chi connectivity index (χ1) is 8.54. The fraction of sp³-hybridized carbons (Fsp3) is 0.273. The van der Waals surface area contributed by atoms with E-state index in [9.17, 15) is 8.42 Å². The van der Waals surface area contributed by atoms with Crippen molar-refractivity contribution in [2.24, 2.45) is 5.73 Å². The first-order valence-corrected chi connectivity index (χ1v) is 8.15. The number of nitrogens with two attached hydrogens (primary N) is 1. The molecule has 1 heterocycles. The minimum atomic E-state index is -3.49. The molecule has 0 bridgehead atoms. The highest BCUT2D eigenvalue weighted by atomic mass is 35.5. The van der Waals surface area contributed by atoms with Gasteiger partial charge in [0.25, 0.3) is 0 Å². The van der Waals surface area contributed by atoms with Crippen LogP contribution in [0, 0.1) is 0 Å². The van der Waals surface area contributed by atoms with E-state index in [1.165, 1.54) is 11.3 Å². The lowest BCUT2D eigenvalue weighted by Gasteiger charge is -2.05. The normalized spacial score (nSPS) is 12.1. The number of benzene rings is 1. The van der Waals surface area contributed by atoms with Crippen molar-refractivity contribution in [2.75, 3.05) is 13.1 Å². The minimum Gasteiger partial charge on any atom is -0.330 e. The summed E-state index contributed by atoms with van der Waals surface area (Å²) in [5.41, 5.74) is 5.34. The van der Waals surface area contributed by atoms with Crippen LogP contribution in [0.3, 0.4) is 0 Å². The molecule has 18 heavy (non-hydrogen) atoms. The van der Waals surface area contributed by atoms with Crippen LogP contribution in [-0.4, -0.2) is 21.5 Å². The molecular weight excluding hydrogens is 292 g/mol. The second-order valence-corrected chi connectivity index (χ2v) is 6.86. The van der Waals surface area contributed by atoms with E-state index in [1.54, 1.807) is 17.5 Å². The zero-order valence-electron chi connectivity index (χ0n) is 9.52. The zero-order chi connectivity index (χ0) is 13.2. The van der Waals surface area contributed by atoms with E-state index in [2.05, 4.69) is 4.72 Å². The number of hydrogen-bond donors (Lipinski definition) is 2. The molecule has 1 aromatic heterocycles. The monoisotopic (exact) mass is 304 g/mol. The van der Waals surface area contributed by atoms with Crippen LogP contribution < -0.4 is 10.5 Å². The van der Waals surface area contributed by atoms with Crippen LogP contribution in [0.2, 0.25) is 5.02 Å². The summed E-state index contributed by atoms with van der Waals surface area (Å²) >= 11 is 7.28. The molecule has 0 amide bonds. The van der Waals surface area contributed by atoms with Crippen molar-refractivity contribution in [3.8, 4) is 0 Å². The summed E-state index contributed by atoms with van der Waals surface area (Å²) in [5.74, 6) is 0. The van der Waals surface area contributed by atoms with E-state index in [4.69, 9.17) is 17.3 Å². The van der Waals surface area contributed by atoms with E-state index in [0.29, 0.717) is 29.9 Å². The molecule has 1 aromatic carbocycles. The standard InChI is InChI=1S/C11H13ClN2O2S2/c12-8-2-3-10-9(6-8)11(7-17-10)18(15,16)14-5-1-4-13/h2-3,6-7,14H,1,4-5,13H2. The van der Waals surface area contributed by atoms with Gasteiger partial charge >= 0.3 is 0 Å². The van der Waals surface area contributed by atoms with Gasteiger partial charge in [0.05, 0.1) is 0 Å². The molecule has 2 aromatic rings. The van der Waals surface area contributed by atoms with E-state index in [-0.39, 0.29) is 4.90 Å². The quantitative estimate of drug-likeness (QED) is 0.832. The second-order valence-electron chi connectivity index (χ2n) is 3.78. The molecule has 0 aliphatic carbocycles. The molecule has 0 fully saturated rings. The third kappa shape index (κ3) is 2.84. The number of rotatable bonds is 5. The third-order valence-corrected chi connectivity index (χ3v) is 5.31. The van der Waals surface area contributed by atoms with Crippen molar-refractivity contribution in [3.63, 3.8) is 0 Å². The van der Waals surface area contributed by atoms with Crippen molar-refractivity contribution in [1.29, 1.82) is 0 Å². The third-order valence-electron chi connectivity index (χ3n) is 2.46. The number of fused-ring (bicyclic) bond motifs is 1. The van der Waals surface area contributed by atoms with E-state index in [1.807, 2.05) is 6.07 Å². The highest BCUT2D eigenvalue weighted by molar-refractivity contribution is 7.90. The highest BCUT2D eigenvalue weighted by Crippen LogP contribution is 2.31. The van der Waals surface area contributed by atoms with Gasteiger partial charge in [0.1, 0.15) is 4.90 Å². The topological polar surface area (TPSA) is 72.2 Å². The molecule has 0 aliphatic heterocycles. The Kier molecular flexibility index (Phi) is 4.24. The van der Waals surface area contributed by atoms with Crippen molar-refractivity contribution in [3.05, 3.63) is 28.6 Å².